The number of carbonyl (C=O) groups is 1. The van der Waals surface area contributed by atoms with Gasteiger partial charge in [-0.1, -0.05) is 20.8 Å². The van der Waals surface area contributed by atoms with Gasteiger partial charge < -0.3 is 19.6 Å². The fourth-order valence-corrected chi connectivity index (χ4v) is 3.79. The topological polar surface area (TPSA) is 67.8 Å². The van der Waals surface area contributed by atoms with E-state index in [1.807, 2.05) is 20.8 Å². The van der Waals surface area contributed by atoms with Gasteiger partial charge in [0.2, 0.25) is 0 Å². The van der Waals surface area contributed by atoms with Crippen molar-refractivity contribution in [2.45, 2.75) is 103 Å². The van der Waals surface area contributed by atoms with Crippen molar-refractivity contribution in [1.82, 2.24) is 5.32 Å². The summed E-state index contributed by atoms with van der Waals surface area (Å²) in [5, 5.41) is 13.0. The quantitative estimate of drug-likeness (QED) is 0.763. The Morgan fingerprint density at radius 2 is 1.70 bits per heavy atom. The van der Waals surface area contributed by atoms with Gasteiger partial charge in [0.25, 0.3) is 0 Å². The van der Waals surface area contributed by atoms with Crippen LogP contribution in [0.5, 0.6) is 0 Å². The smallest absolute Gasteiger partial charge is 0.407 e. The molecule has 1 rings (SSSR count). The Morgan fingerprint density at radius 3 is 2.17 bits per heavy atom. The minimum absolute atomic E-state index is 0.0892. The third kappa shape index (κ3) is 6.43. The highest BCUT2D eigenvalue weighted by Gasteiger charge is 2.42. The first kappa shape index (κ1) is 20.5. The van der Waals surface area contributed by atoms with E-state index in [1.54, 1.807) is 0 Å². The minimum atomic E-state index is -1.96. The maximum absolute atomic E-state index is 12.1. The van der Waals surface area contributed by atoms with E-state index >= 15 is 0 Å². The molecule has 0 spiro atoms. The molecule has 136 valence electrons. The highest BCUT2D eigenvalue weighted by molar-refractivity contribution is 6.74. The Balaban J connectivity index is 2.78. The van der Waals surface area contributed by atoms with Crippen LogP contribution in [0.1, 0.15) is 60.8 Å². The summed E-state index contributed by atoms with van der Waals surface area (Å²) in [5.74, 6) is 0. The van der Waals surface area contributed by atoms with Crippen LogP contribution in [0.15, 0.2) is 0 Å². The summed E-state index contributed by atoms with van der Waals surface area (Å²) in [5.41, 5.74) is -0.520. The zero-order valence-corrected chi connectivity index (χ0v) is 17.0. The van der Waals surface area contributed by atoms with Crippen molar-refractivity contribution in [3.05, 3.63) is 0 Å². The third-order valence-electron chi connectivity index (χ3n) is 4.72. The first-order valence-corrected chi connectivity index (χ1v) is 11.5. The average molecular weight is 346 g/mol. The number of aliphatic hydroxyl groups is 1. The Morgan fingerprint density at radius 1 is 1.13 bits per heavy atom. The molecule has 1 aliphatic rings. The lowest BCUT2D eigenvalue weighted by Crippen LogP contribution is -2.55. The summed E-state index contributed by atoms with van der Waals surface area (Å²) in [6, 6.07) is -0.109. The monoisotopic (exact) mass is 345 g/mol. The van der Waals surface area contributed by atoms with E-state index in [0.29, 0.717) is 19.3 Å². The molecule has 0 aromatic heterocycles. The molecule has 5 nitrogen and oxygen atoms in total. The Hall–Kier alpha value is -0.593. The molecule has 1 amide bonds. The second-order valence-electron chi connectivity index (χ2n) is 9.14. The fraction of sp³-hybridized carbons (Fsp3) is 0.941. The van der Waals surface area contributed by atoms with Gasteiger partial charge in [-0.15, -0.1) is 0 Å². The van der Waals surface area contributed by atoms with Crippen molar-refractivity contribution in [3.63, 3.8) is 0 Å². The maximum Gasteiger partial charge on any atom is 0.407 e. The Bertz CT molecular complexity index is 412. The number of carbonyl (C=O) groups excluding carboxylic acids is 1. The number of amides is 1. The predicted octanol–water partition coefficient (Wildman–Crippen LogP) is 3.81. The van der Waals surface area contributed by atoms with Gasteiger partial charge in [-0.25, -0.2) is 4.79 Å². The van der Waals surface area contributed by atoms with Gasteiger partial charge in [-0.05, 0) is 51.7 Å². The second-order valence-corrected chi connectivity index (χ2v) is 13.9. The van der Waals surface area contributed by atoms with Crippen LogP contribution >= 0.6 is 0 Å². The van der Waals surface area contributed by atoms with Crippen LogP contribution in [-0.2, 0) is 9.16 Å². The van der Waals surface area contributed by atoms with E-state index in [4.69, 9.17) is 9.16 Å². The van der Waals surface area contributed by atoms with Gasteiger partial charge in [0.1, 0.15) is 5.60 Å². The molecule has 0 aromatic carbocycles. The van der Waals surface area contributed by atoms with Crippen LogP contribution in [0.4, 0.5) is 4.79 Å². The van der Waals surface area contributed by atoms with Gasteiger partial charge in [0.05, 0.1) is 18.2 Å². The first-order chi connectivity index (χ1) is 10.2. The molecule has 2 N–H and O–H groups in total. The molecule has 6 heteroatoms. The fourth-order valence-electron chi connectivity index (χ4n) is 2.42. The number of ether oxygens (including phenoxy) is 1. The van der Waals surface area contributed by atoms with E-state index in [2.05, 4.69) is 39.2 Å². The maximum atomic E-state index is 12.1. The second kappa shape index (κ2) is 7.11. The summed E-state index contributed by atoms with van der Waals surface area (Å²) in [6.45, 7) is 16.5. The standard InChI is InChI=1S/C17H35NO4Si/c1-16(2,3)21-15(20)18-13-10-9-12(19)11-14(13)22-23(7,8)17(4,5)6/h12-14,19H,9-11H2,1-8H3,(H,18,20)/t12-,13-,14-/m1/s1. The largest absolute Gasteiger partial charge is 0.444 e. The van der Waals surface area contributed by atoms with Crippen LogP contribution < -0.4 is 5.32 Å². The van der Waals surface area contributed by atoms with Crippen molar-refractivity contribution < 1.29 is 19.1 Å². The van der Waals surface area contributed by atoms with Crippen LogP contribution in [0.25, 0.3) is 0 Å². The summed E-state index contributed by atoms with van der Waals surface area (Å²) in [4.78, 5) is 12.1. The van der Waals surface area contributed by atoms with E-state index in [9.17, 15) is 9.90 Å². The molecule has 0 radical (unpaired) electrons. The predicted molar refractivity (Wildman–Crippen MR) is 95.1 cm³/mol. The van der Waals surface area contributed by atoms with Crippen LogP contribution in [0, 0.1) is 0 Å². The molecule has 0 aliphatic heterocycles. The van der Waals surface area contributed by atoms with Crippen molar-refractivity contribution in [2.75, 3.05) is 0 Å². The van der Waals surface area contributed by atoms with Crippen LogP contribution in [0.2, 0.25) is 18.1 Å². The molecule has 0 unspecified atom stereocenters. The molecule has 23 heavy (non-hydrogen) atoms. The van der Waals surface area contributed by atoms with Gasteiger partial charge in [0, 0.05) is 6.42 Å². The van der Waals surface area contributed by atoms with Gasteiger partial charge in [0.15, 0.2) is 8.32 Å². The zero-order chi connectivity index (χ0) is 18.1. The number of rotatable bonds is 3. The lowest BCUT2D eigenvalue weighted by Gasteiger charge is -2.44. The normalized spacial score (nSPS) is 26.7. The van der Waals surface area contributed by atoms with E-state index < -0.39 is 20.0 Å². The molecule has 1 saturated carbocycles. The van der Waals surface area contributed by atoms with Crippen molar-refractivity contribution in [1.29, 1.82) is 0 Å². The Labute approximate surface area is 142 Å². The summed E-state index contributed by atoms with van der Waals surface area (Å²) >= 11 is 0. The Kier molecular flexibility index (Phi) is 6.32. The van der Waals surface area contributed by atoms with Gasteiger partial charge in [-0.2, -0.15) is 0 Å². The number of aliphatic hydroxyl groups excluding tert-OH is 1. The van der Waals surface area contributed by atoms with E-state index in [1.165, 1.54) is 0 Å². The molecule has 0 heterocycles. The lowest BCUT2D eigenvalue weighted by atomic mass is 9.90. The number of nitrogens with one attached hydrogen (secondary N) is 1. The molecule has 0 aromatic rings. The number of hydrogen-bond donors (Lipinski definition) is 2. The number of hydrogen-bond acceptors (Lipinski definition) is 4. The third-order valence-corrected chi connectivity index (χ3v) is 9.22. The first-order valence-electron chi connectivity index (χ1n) is 8.57. The SMILES string of the molecule is CC(C)(C)OC(=O)N[C@@H]1CC[C@@H](O)C[C@H]1O[Si](C)(C)C(C)(C)C. The average Bonchev–Trinajstić information content (AvgIpc) is 2.28. The molecular weight excluding hydrogens is 310 g/mol. The van der Waals surface area contributed by atoms with Crippen molar-refractivity contribution in [3.8, 4) is 0 Å². The summed E-state index contributed by atoms with van der Waals surface area (Å²) in [7, 11) is -1.96. The molecule has 1 aliphatic carbocycles. The zero-order valence-electron chi connectivity index (χ0n) is 16.0. The van der Waals surface area contributed by atoms with Crippen LogP contribution in [-0.4, -0.2) is 43.4 Å². The summed E-state index contributed by atoms with van der Waals surface area (Å²) < 4.78 is 11.8. The van der Waals surface area contributed by atoms with Crippen molar-refractivity contribution in [2.24, 2.45) is 0 Å². The molecule has 0 saturated heterocycles. The highest BCUT2D eigenvalue weighted by atomic mass is 28.4. The molecule has 1 fully saturated rings. The van der Waals surface area contributed by atoms with Crippen LogP contribution in [0.3, 0.4) is 0 Å². The van der Waals surface area contributed by atoms with E-state index in [0.717, 1.165) is 0 Å². The molecule has 0 bridgehead atoms. The van der Waals surface area contributed by atoms with Crippen molar-refractivity contribution >= 4 is 14.4 Å². The highest BCUT2D eigenvalue weighted by Crippen LogP contribution is 2.39. The lowest BCUT2D eigenvalue weighted by molar-refractivity contribution is 0.0112. The number of alkyl carbamates (subject to hydrolysis) is 1. The minimum Gasteiger partial charge on any atom is -0.444 e. The molecule has 3 atom stereocenters. The van der Waals surface area contributed by atoms with E-state index in [-0.39, 0.29) is 23.3 Å². The van der Waals surface area contributed by atoms with Gasteiger partial charge >= 0.3 is 6.09 Å². The molecular formula is C17H35NO4Si. The summed E-state index contributed by atoms with van der Waals surface area (Å²) in [6.07, 6.45) is 1.01. The van der Waals surface area contributed by atoms with Gasteiger partial charge in [-0.3, -0.25) is 0 Å².